The third-order valence-corrected chi connectivity index (χ3v) is 7.38. The molecule has 3 nitrogen and oxygen atoms in total. The molecule has 1 heterocycles. The van der Waals surface area contributed by atoms with Crippen LogP contribution in [0.3, 0.4) is 0 Å². The summed E-state index contributed by atoms with van der Waals surface area (Å²) < 4.78 is 0. The van der Waals surface area contributed by atoms with E-state index in [0.29, 0.717) is 17.4 Å². The minimum atomic E-state index is -0.876. The Balaban J connectivity index is 1.62. The molecule has 2 aliphatic carbocycles. The van der Waals surface area contributed by atoms with Crippen LogP contribution in [-0.4, -0.2) is 11.1 Å². The van der Waals surface area contributed by atoms with E-state index in [2.05, 4.69) is 18.3 Å². The number of hydrogen-bond acceptors (Lipinski definition) is 2. The maximum absolute atomic E-state index is 11.2. The van der Waals surface area contributed by atoms with E-state index >= 15 is 0 Å². The van der Waals surface area contributed by atoms with Gasteiger partial charge in [-0.25, -0.2) is 4.79 Å². The summed E-state index contributed by atoms with van der Waals surface area (Å²) in [7, 11) is 0. The van der Waals surface area contributed by atoms with Gasteiger partial charge in [0, 0.05) is 10.7 Å². The molecule has 0 unspecified atom stereocenters. The Morgan fingerprint density at radius 2 is 1.85 bits per heavy atom. The van der Waals surface area contributed by atoms with Gasteiger partial charge in [0.25, 0.3) is 0 Å². The van der Waals surface area contributed by atoms with Crippen molar-refractivity contribution in [1.82, 2.24) is 0 Å². The standard InChI is InChI=1S/C22H22ClNO2/c1-11-17(23)9-8-16-18-14-6-7-15(10-14)19(18)21(24-20(11)16)12-2-4-13(5-3-12)22(25)26/h2-5,8-9,14-15,18-19,21,24H,6-7,10H2,1H3,(H,25,26)/t14-,15-,18+,19+,21+/m0/s1. The summed E-state index contributed by atoms with van der Waals surface area (Å²) in [6, 6.07) is 11.9. The Morgan fingerprint density at radius 3 is 2.58 bits per heavy atom. The van der Waals surface area contributed by atoms with E-state index < -0.39 is 5.97 Å². The highest BCUT2D eigenvalue weighted by atomic mass is 35.5. The van der Waals surface area contributed by atoms with Crippen molar-refractivity contribution >= 4 is 23.3 Å². The summed E-state index contributed by atoms with van der Waals surface area (Å²) in [6.45, 7) is 2.09. The first-order valence-electron chi connectivity index (χ1n) is 9.43. The van der Waals surface area contributed by atoms with Gasteiger partial charge >= 0.3 is 5.97 Å². The van der Waals surface area contributed by atoms with Crippen molar-refractivity contribution in [2.24, 2.45) is 17.8 Å². The first-order chi connectivity index (χ1) is 12.5. The predicted octanol–water partition coefficient (Wildman–Crippen LogP) is 5.64. The first-order valence-corrected chi connectivity index (χ1v) is 9.81. The molecule has 2 aromatic rings. The quantitative estimate of drug-likeness (QED) is 0.721. The number of anilines is 1. The fraction of sp³-hybridized carbons (Fsp3) is 0.409. The van der Waals surface area contributed by atoms with Crippen LogP contribution in [0.4, 0.5) is 5.69 Å². The summed E-state index contributed by atoms with van der Waals surface area (Å²) >= 11 is 6.41. The zero-order chi connectivity index (χ0) is 18.0. The molecule has 134 valence electrons. The topological polar surface area (TPSA) is 49.3 Å². The van der Waals surface area contributed by atoms with Gasteiger partial charge in [-0.2, -0.15) is 0 Å². The highest BCUT2D eigenvalue weighted by molar-refractivity contribution is 6.31. The number of nitrogens with one attached hydrogen (secondary N) is 1. The van der Waals surface area contributed by atoms with Crippen molar-refractivity contribution in [3.8, 4) is 0 Å². The third kappa shape index (κ3) is 2.23. The second-order valence-corrected chi connectivity index (χ2v) is 8.53. The maximum atomic E-state index is 11.2. The second kappa shape index (κ2) is 5.75. The van der Waals surface area contributed by atoms with Gasteiger partial charge in [-0.1, -0.05) is 29.8 Å². The molecular formula is C22H22ClNO2. The number of hydrogen-bond donors (Lipinski definition) is 2. The van der Waals surface area contributed by atoms with Crippen LogP contribution in [0.1, 0.15) is 58.3 Å². The predicted molar refractivity (Wildman–Crippen MR) is 103 cm³/mol. The van der Waals surface area contributed by atoms with Crippen LogP contribution in [0, 0.1) is 24.7 Å². The number of carbonyl (C=O) groups is 1. The molecule has 3 aliphatic rings. The molecule has 2 saturated carbocycles. The molecule has 0 saturated heterocycles. The average Bonchev–Trinajstić information content (AvgIpc) is 3.26. The minimum absolute atomic E-state index is 0.225. The molecule has 2 aromatic carbocycles. The zero-order valence-electron chi connectivity index (χ0n) is 14.7. The van der Waals surface area contributed by atoms with Crippen LogP contribution in [-0.2, 0) is 0 Å². The van der Waals surface area contributed by atoms with Crippen molar-refractivity contribution in [3.05, 3.63) is 63.7 Å². The molecule has 4 heteroatoms. The second-order valence-electron chi connectivity index (χ2n) is 8.12. The van der Waals surface area contributed by atoms with E-state index in [1.807, 2.05) is 18.2 Å². The Morgan fingerprint density at radius 1 is 1.12 bits per heavy atom. The lowest BCUT2D eigenvalue weighted by molar-refractivity contribution is 0.0697. The summed E-state index contributed by atoms with van der Waals surface area (Å²) in [5.74, 6) is 1.82. The fourth-order valence-corrected chi connectivity index (χ4v) is 6.00. The van der Waals surface area contributed by atoms with Gasteiger partial charge in [-0.3, -0.25) is 0 Å². The molecule has 5 atom stereocenters. The van der Waals surface area contributed by atoms with Crippen molar-refractivity contribution in [2.75, 3.05) is 5.32 Å². The number of aromatic carboxylic acids is 1. The summed E-state index contributed by atoms with van der Waals surface area (Å²) in [4.78, 5) is 11.2. The van der Waals surface area contributed by atoms with Gasteiger partial charge in [0.1, 0.15) is 0 Å². The maximum Gasteiger partial charge on any atom is 0.335 e. The smallest absolute Gasteiger partial charge is 0.335 e. The fourth-order valence-electron chi connectivity index (χ4n) is 5.84. The highest BCUT2D eigenvalue weighted by Gasteiger charge is 2.54. The van der Waals surface area contributed by atoms with Crippen LogP contribution in [0.2, 0.25) is 5.02 Å². The van der Waals surface area contributed by atoms with Gasteiger partial charge in [-0.15, -0.1) is 0 Å². The molecular weight excluding hydrogens is 346 g/mol. The Kier molecular flexibility index (Phi) is 3.58. The van der Waals surface area contributed by atoms with E-state index in [-0.39, 0.29) is 6.04 Å². The van der Waals surface area contributed by atoms with Crippen molar-refractivity contribution in [3.63, 3.8) is 0 Å². The van der Waals surface area contributed by atoms with Crippen LogP contribution in [0.15, 0.2) is 36.4 Å². The van der Waals surface area contributed by atoms with Gasteiger partial charge in [0.05, 0.1) is 11.6 Å². The number of carboxylic acids is 1. The first kappa shape index (κ1) is 16.2. The molecule has 0 amide bonds. The van der Waals surface area contributed by atoms with Gasteiger partial charge in [0.15, 0.2) is 0 Å². The zero-order valence-corrected chi connectivity index (χ0v) is 15.5. The summed E-state index contributed by atoms with van der Waals surface area (Å²) in [6.07, 6.45) is 3.97. The monoisotopic (exact) mass is 367 g/mol. The van der Waals surface area contributed by atoms with Gasteiger partial charge in [0.2, 0.25) is 0 Å². The lowest BCUT2D eigenvalue weighted by atomic mass is 9.67. The lowest BCUT2D eigenvalue weighted by Crippen LogP contribution is -2.35. The van der Waals surface area contributed by atoms with Crippen molar-refractivity contribution in [1.29, 1.82) is 0 Å². The molecule has 2 bridgehead atoms. The van der Waals surface area contributed by atoms with Gasteiger partial charge in [-0.05, 0) is 84.7 Å². The molecule has 26 heavy (non-hydrogen) atoms. The number of carboxylic acid groups (broad SMARTS) is 1. The number of fused-ring (bicyclic) bond motifs is 7. The summed E-state index contributed by atoms with van der Waals surface area (Å²) in [5, 5.41) is 13.8. The average molecular weight is 368 g/mol. The van der Waals surface area contributed by atoms with Gasteiger partial charge < -0.3 is 10.4 Å². The molecule has 2 fully saturated rings. The van der Waals surface area contributed by atoms with E-state index in [0.717, 1.165) is 22.4 Å². The van der Waals surface area contributed by atoms with E-state index in [1.165, 1.54) is 36.1 Å². The Labute approximate surface area is 158 Å². The molecule has 0 aromatic heterocycles. The van der Waals surface area contributed by atoms with Crippen LogP contribution in [0.25, 0.3) is 0 Å². The third-order valence-electron chi connectivity index (χ3n) is 6.97. The largest absolute Gasteiger partial charge is 0.478 e. The Hall–Kier alpha value is -2.00. The SMILES string of the molecule is Cc1c(Cl)ccc2c1N[C@H](c1ccc(C(=O)O)cc1)[C@@H]1[C@H]3CC[C@@H](C3)[C@H]21. The number of rotatable bonds is 2. The van der Waals surface area contributed by atoms with Crippen LogP contribution < -0.4 is 5.32 Å². The normalized spacial score (nSPS) is 31.2. The van der Waals surface area contributed by atoms with E-state index in [9.17, 15) is 9.90 Å². The van der Waals surface area contributed by atoms with E-state index in [4.69, 9.17) is 11.6 Å². The Bertz CT molecular complexity index is 892. The molecule has 1 aliphatic heterocycles. The molecule has 0 radical (unpaired) electrons. The lowest BCUT2D eigenvalue weighted by Gasteiger charge is -2.44. The molecule has 0 spiro atoms. The van der Waals surface area contributed by atoms with Crippen LogP contribution in [0.5, 0.6) is 0 Å². The molecule has 2 N–H and O–H groups in total. The van der Waals surface area contributed by atoms with Crippen LogP contribution >= 0.6 is 11.6 Å². The minimum Gasteiger partial charge on any atom is -0.478 e. The molecule has 5 rings (SSSR count). The van der Waals surface area contributed by atoms with Crippen molar-refractivity contribution < 1.29 is 9.90 Å². The highest BCUT2D eigenvalue weighted by Crippen LogP contribution is 2.64. The van der Waals surface area contributed by atoms with Crippen molar-refractivity contribution in [2.45, 2.75) is 38.1 Å². The number of halogens is 1. The summed E-state index contributed by atoms with van der Waals surface area (Å²) in [5.41, 5.74) is 5.27. The number of benzene rings is 2. The van der Waals surface area contributed by atoms with E-state index in [1.54, 1.807) is 12.1 Å².